The molecule has 0 saturated heterocycles. The monoisotopic (exact) mass is 326 g/mol. The van der Waals surface area contributed by atoms with Crippen LogP contribution in [-0.2, 0) is 10.8 Å². The van der Waals surface area contributed by atoms with Gasteiger partial charge in [0, 0.05) is 11.1 Å². The topological polar surface area (TPSA) is 70.1 Å². The van der Waals surface area contributed by atoms with Gasteiger partial charge < -0.3 is 0 Å². The van der Waals surface area contributed by atoms with E-state index in [-0.39, 0.29) is 16.7 Å². The Morgan fingerprint density at radius 1 is 1.08 bits per heavy atom. The normalized spacial score (nSPS) is 12.6. The molecule has 0 fully saturated rings. The fraction of sp³-hybridized carbons (Fsp3) is 0.421. The zero-order chi connectivity index (χ0) is 18.0. The Hall–Kier alpha value is -2.43. The number of aromatic nitrogens is 2. The molecule has 2 rings (SSSR count). The van der Waals surface area contributed by atoms with Crippen LogP contribution >= 0.6 is 0 Å². The second-order valence-electron chi connectivity index (χ2n) is 7.99. The highest BCUT2D eigenvalue weighted by Gasteiger charge is 2.19. The molecule has 5 heteroatoms. The number of nitrogens with one attached hydrogen (secondary N) is 2. The fourth-order valence-corrected chi connectivity index (χ4v) is 2.11. The summed E-state index contributed by atoms with van der Waals surface area (Å²) in [5.74, 6) is -0.329. The van der Waals surface area contributed by atoms with Crippen molar-refractivity contribution in [3.05, 3.63) is 52.8 Å². The summed E-state index contributed by atoms with van der Waals surface area (Å²) in [5.41, 5.74) is 5.98. The molecule has 0 atom stereocenters. The van der Waals surface area contributed by atoms with Gasteiger partial charge in [-0.2, -0.15) is 10.2 Å². The van der Waals surface area contributed by atoms with E-state index in [0.29, 0.717) is 5.69 Å². The summed E-state index contributed by atoms with van der Waals surface area (Å²) in [7, 11) is 0. The zero-order valence-electron chi connectivity index (χ0n) is 15.3. The largest absolute Gasteiger partial charge is 0.291 e. The van der Waals surface area contributed by atoms with Gasteiger partial charge in [-0.05, 0) is 22.6 Å². The van der Waals surface area contributed by atoms with Gasteiger partial charge in [0.15, 0.2) is 5.69 Å². The predicted molar refractivity (Wildman–Crippen MR) is 97.5 cm³/mol. The number of carbonyl (C=O) groups is 1. The molecule has 5 nitrogen and oxygen atoms in total. The number of nitrogens with zero attached hydrogens (tertiary/aromatic N) is 2. The van der Waals surface area contributed by atoms with Crippen LogP contribution in [0.1, 0.15) is 68.9 Å². The first kappa shape index (κ1) is 17.9. The zero-order valence-corrected chi connectivity index (χ0v) is 15.3. The molecule has 1 aromatic heterocycles. The third kappa shape index (κ3) is 4.54. The van der Waals surface area contributed by atoms with E-state index in [1.807, 2.05) is 12.1 Å². The van der Waals surface area contributed by atoms with Gasteiger partial charge in [-0.1, -0.05) is 65.8 Å². The van der Waals surface area contributed by atoms with Crippen molar-refractivity contribution in [2.24, 2.45) is 5.10 Å². The van der Waals surface area contributed by atoms with Gasteiger partial charge in [-0.25, -0.2) is 5.43 Å². The Balaban J connectivity index is 1.98. The summed E-state index contributed by atoms with van der Waals surface area (Å²) < 4.78 is 0. The van der Waals surface area contributed by atoms with Crippen LogP contribution < -0.4 is 5.43 Å². The first-order chi connectivity index (χ1) is 11.1. The highest BCUT2D eigenvalue weighted by Crippen LogP contribution is 2.22. The smallest absolute Gasteiger partial charge is 0.281 e. The Kier molecular flexibility index (Phi) is 4.92. The maximum Gasteiger partial charge on any atom is 0.291 e. The molecule has 0 aliphatic rings. The van der Waals surface area contributed by atoms with E-state index >= 15 is 0 Å². The lowest BCUT2D eigenvalue weighted by Gasteiger charge is -2.18. The van der Waals surface area contributed by atoms with Crippen LogP contribution in [0.3, 0.4) is 0 Å². The molecule has 0 aliphatic carbocycles. The van der Waals surface area contributed by atoms with E-state index in [4.69, 9.17) is 0 Å². The van der Waals surface area contributed by atoms with Crippen molar-refractivity contribution < 1.29 is 4.79 Å². The summed E-state index contributed by atoms with van der Waals surface area (Å²) in [6, 6.07) is 9.88. The number of aromatic amines is 1. The van der Waals surface area contributed by atoms with Crippen molar-refractivity contribution >= 4 is 12.1 Å². The second kappa shape index (κ2) is 6.59. The van der Waals surface area contributed by atoms with Crippen LogP contribution in [0.25, 0.3) is 0 Å². The van der Waals surface area contributed by atoms with Crippen LogP contribution in [-0.4, -0.2) is 22.3 Å². The fourth-order valence-electron chi connectivity index (χ4n) is 2.11. The average Bonchev–Trinajstić information content (AvgIpc) is 2.96. The molecule has 128 valence electrons. The van der Waals surface area contributed by atoms with Gasteiger partial charge in [0.05, 0.1) is 6.21 Å². The third-order valence-corrected chi connectivity index (χ3v) is 3.77. The number of H-pyrrole nitrogens is 1. The molecule has 0 aliphatic heterocycles. The van der Waals surface area contributed by atoms with Crippen LogP contribution in [0.5, 0.6) is 0 Å². The highest BCUT2D eigenvalue weighted by atomic mass is 16.2. The minimum Gasteiger partial charge on any atom is -0.281 e. The van der Waals surface area contributed by atoms with E-state index in [2.05, 4.69) is 74.4 Å². The maximum absolute atomic E-state index is 12.1. The molecule has 0 bridgehead atoms. The first-order valence-corrected chi connectivity index (χ1v) is 8.07. The number of amides is 1. The number of benzene rings is 1. The molecule has 24 heavy (non-hydrogen) atoms. The van der Waals surface area contributed by atoms with E-state index in [9.17, 15) is 4.79 Å². The lowest BCUT2D eigenvalue weighted by atomic mass is 9.87. The maximum atomic E-state index is 12.1. The van der Waals surface area contributed by atoms with E-state index in [1.165, 1.54) is 5.56 Å². The second-order valence-corrected chi connectivity index (χ2v) is 7.99. The molecule has 0 unspecified atom stereocenters. The van der Waals surface area contributed by atoms with Crippen molar-refractivity contribution in [2.75, 3.05) is 0 Å². The minimum atomic E-state index is -0.329. The van der Waals surface area contributed by atoms with E-state index < -0.39 is 0 Å². The van der Waals surface area contributed by atoms with Crippen LogP contribution in [0.2, 0.25) is 0 Å². The Morgan fingerprint density at radius 3 is 2.21 bits per heavy atom. The van der Waals surface area contributed by atoms with E-state index in [0.717, 1.165) is 11.3 Å². The summed E-state index contributed by atoms with van der Waals surface area (Å²) in [6.07, 6.45) is 1.63. The van der Waals surface area contributed by atoms with Crippen molar-refractivity contribution in [3.63, 3.8) is 0 Å². The lowest BCUT2D eigenvalue weighted by molar-refractivity contribution is 0.0950. The van der Waals surface area contributed by atoms with Crippen LogP contribution in [0.4, 0.5) is 0 Å². The van der Waals surface area contributed by atoms with Crippen molar-refractivity contribution in [2.45, 2.75) is 52.4 Å². The number of carbonyl (C=O) groups excluding carboxylic acids is 1. The van der Waals surface area contributed by atoms with Gasteiger partial charge in [0.1, 0.15) is 0 Å². The first-order valence-electron chi connectivity index (χ1n) is 8.07. The predicted octanol–water partition coefficient (Wildman–Crippen LogP) is 3.77. The number of hydrogen-bond acceptors (Lipinski definition) is 3. The Bertz CT molecular complexity index is 728. The van der Waals surface area contributed by atoms with Gasteiger partial charge >= 0.3 is 0 Å². The van der Waals surface area contributed by atoms with Crippen molar-refractivity contribution in [1.29, 1.82) is 0 Å². The number of hydrogen-bond donors (Lipinski definition) is 2. The summed E-state index contributed by atoms with van der Waals surface area (Å²) in [5, 5.41) is 10.9. The molecule has 0 radical (unpaired) electrons. The van der Waals surface area contributed by atoms with Crippen molar-refractivity contribution in [3.8, 4) is 0 Å². The molecule has 1 amide bonds. The molecule has 1 aromatic carbocycles. The van der Waals surface area contributed by atoms with Gasteiger partial charge in [-0.15, -0.1) is 0 Å². The molecular formula is C19H26N4O. The Labute approximate surface area is 143 Å². The Morgan fingerprint density at radius 2 is 1.71 bits per heavy atom. The average molecular weight is 326 g/mol. The molecule has 0 saturated carbocycles. The van der Waals surface area contributed by atoms with Crippen molar-refractivity contribution in [1.82, 2.24) is 15.6 Å². The van der Waals surface area contributed by atoms with E-state index in [1.54, 1.807) is 12.3 Å². The minimum absolute atomic E-state index is 0.0798. The molecular weight excluding hydrogens is 300 g/mol. The summed E-state index contributed by atoms with van der Waals surface area (Å²) >= 11 is 0. The molecule has 2 aromatic rings. The lowest BCUT2D eigenvalue weighted by Crippen LogP contribution is -2.18. The SMILES string of the molecule is CC(C)(C)c1ccc(C=NNC(=O)c2cc(C(C)(C)C)[nH]n2)cc1. The molecule has 0 spiro atoms. The van der Waals surface area contributed by atoms with Crippen LogP contribution in [0, 0.1) is 0 Å². The van der Waals surface area contributed by atoms with Crippen LogP contribution in [0.15, 0.2) is 35.4 Å². The van der Waals surface area contributed by atoms with Gasteiger partial charge in [0.25, 0.3) is 5.91 Å². The highest BCUT2D eigenvalue weighted by molar-refractivity contribution is 5.93. The molecule has 1 heterocycles. The van der Waals surface area contributed by atoms with Gasteiger partial charge in [-0.3, -0.25) is 9.89 Å². The molecule has 2 N–H and O–H groups in total. The number of rotatable bonds is 3. The summed E-state index contributed by atoms with van der Waals surface area (Å²) in [4.78, 5) is 12.1. The standard InChI is InChI=1S/C19H26N4O/c1-18(2,3)14-9-7-13(8-10-14)12-20-23-17(24)15-11-16(22-21-15)19(4,5)6/h7-12H,1-6H3,(H,21,22)(H,23,24). The quantitative estimate of drug-likeness (QED) is 0.666. The third-order valence-electron chi connectivity index (χ3n) is 3.77. The summed E-state index contributed by atoms with van der Waals surface area (Å²) in [6.45, 7) is 12.7. The number of hydrazone groups is 1. The van der Waals surface area contributed by atoms with Gasteiger partial charge in [0.2, 0.25) is 0 Å².